The van der Waals surface area contributed by atoms with E-state index in [0.717, 1.165) is 0 Å². The maximum Gasteiger partial charge on any atom is 0.409 e. The van der Waals surface area contributed by atoms with Crippen LogP contribution in [0, 0.1) is 5.92 Å². The third-order valence-corrected chi connectivity index (χ3v) is 4.49. The fourth-order valence-electron chi connectivity index (χ4n) is 3.24. The van der Waals surface area contributed by atoms with E-state index in [1.165, 1.54) is 7.11 Å². The van der Waals surface area contributed by atoms with Crippen LogP contribution < -0.4 is 4.74 Å². The Hall–Kier alpha value is -2.37. The topological polar surface area (TPSA) is 72.9 Å². The maximum absolute atomic E-state index is 12.6. The lowest BCUT2D eigenvalue weighted by atomic mass is 9.74. The van der Waals surface area contributed by atoms with Crippen molar-refractivity contribution in [2.75, 3.05) is 20.2 Å². The van der Waals surface area contributed by atoms with E-state index in [-0.39, 0.29) is 5.78 Å². The molecule has 6 heteroatoms. The fourth-order valence-corrected chi connectivity index (χ4v) is 3.24. The first-order valence-corrected chi connectivity index (χ1v) is 7.22. The van der Waals surface area contributed by atoms with Gasteiger partial charge < -0.3 is 19.2 Å². The number of methoxy groups -OCH3 is 1. The number of likely N-dealkylation sites (tertiary alicyclic amines) is 1. The quantitative estimate of drug-likeness (QED) is 0.583. The second-order valence-electron chi connectivity index (χ2n) is 5.60. The van der Waals surface area contributed by atoms with Gasteiger partial charge in [-0.1, -0.05) is 12.1 Å². The molecule has 0 bridgehead atoms. The fraction of sp³-hybridized carbons (Fsp3) is 0.438. The Morgan fingerprint density at radius 3 is 2.68 bits per heavy atom. The minimum absolute atomic E-state index is 0.205. The van der Waals surface area contributed by atoms with Gasteiger partial charge in [-0.3, -0.25) is 4.79 Å². The molecule has 1 aromatic carbocycles. The lowest BCUT2D eigenvalue weighted by Gasteiger charge is -2.46. The molecule has 3 rings (SSSR count). The Morgan fingerprint density at radius 1 is 1.36 bits per heavy atom. The first-order valence-electron chi connectivity index (χ1n) is 7.22. The smallest absolute Gasteiger partial charge is 0.409 e. The van der Waals surface area contributed by atoms with Gasteiger partial charge in [-0.15, -0.1) is 0 Å². The molecule has 1 atom stereocenters. The van der Waals surface area contributed by atoms with Crippen molar-refractivity contribution in [2.24, 2.45) is 5.92 Å². The molecular weight excluding hydrogens is 286 g/mol. The molecule has 1 fully saturated rings. The third kappa shape index (κ3) is 2.15. The van der Waals surface area contributed by atoms with Crippen molar-refractivity contribution >= 4 is 18.2 Å². The maximum atomic E-state index is 12.6. The molecule has 116 valence electrons. The zero-order valence-corrected chi connectivity index (χ0v) is 12.3. The van der Waals surface area contributed by atoms with Gasteiger partial charge in [0.15, 0.2) is 5.78 Å². The van der Waals surface area contributed by atoms with Crippen LogP contribution in [0.5, 0.6) is 5.75 Å². The van der Waals surface area contributed by atoms with Gasteiger partial charge in [-0.2, -0.15) is 0 Å². The van der Waals surface area contributed by atoms with Crippen LogP contribution in [0.1, 0.15) is 23.2 Å². The minimum atomic E-state index is -0.863. The Balaban J connectivity index is 1.89. The van der Waals surface area contributed by atoms with E-state index < -0.39 is 17.6 Å². The summed E-state index contributed by atoms with van der Waals surface area (Å²) in [5, 5.41) is 0. The van der Waals surface area contributed by atoms with E-state index in [2.05, 4.69) is 0 Å². The summed E-state index contributed by atoms with van der Waals surface area (Å²) >= 11 is 0. The highest BCUT2D eigenvalue weighted by atomic mass is 16.5. The summed E-state index contributed by atoms with van der Waals surface area (Å²) in [5.74, 6) is -0.525. The summed E-state index contributed by atoms with van der Waals surface area (Å²) in [4.78, 5) is 37.2. The van der Waals surface area contributed by atoms with Crippen molar-refractivity contribution in [3.05, 3.63) is 29.8 Å². The Bertz CT molecular complexity index is 619. The Morgan fingerprint density at radius 2 is 2.05 bits per heavy atom. The number of nitrogens with zero attached hydrogens (tertiary/aromatic N) is 1. The summed E-state index contributed by atoms with van der Waals surface area (Å²) < 4.78 is 10.8. The molecule has 1 spiro atoms. The number of piperidine rings is 1. The van der Waals surface area contributed by atoms with Gasteiger partial charge in [-0.25, -0.2) is 4.79 Å². The van der Waals surface area contributed by atoms with Crippen LogP contribution in [0.3, 0.4) is 0 Å². The number of carbonyl (C=O) groups is 3. The van der Waals surface area contributed by atoms with Gasteiger partial charge in [-0.05, 0) is 12.1 Å². The number of hydrogen-bond donors (Lipinski definition) is 0. The van der Waals surface area contributed by atoms with Crippen LogP contribution in [-0.4, -0.2) is 48.9 Å². The van der Waals surface area contributed by atoms with E-state index in [1.807, 2.05) is 0 Å². The zero-order chi connectivity index (χ0) is 15.7. The van der Waals surface area contributed by atoms with Gasteiger partial charge in [0.1, 0.15) is 23.6 Å². The van der Waals surface area contributed by atoms with E-state index in [4.69, 9.17) is 9.47 Å². The molecule has 2 aliphatic heterocycles. The van der Waals surface area contributed by atoms with Crippen molar-refractivity contribution < 1.29 is 23.9 Å². The molecule has 2 heterocycles. The van der Waals surface area contributed by atoms with Crippen molar-refractivity contribution in [1.82, 2.24) is 4.90 Å². The van der Waals surface area contributed by atoms with E-state index >= 15 is 0 Å². The number of aldehydes is 1. The second-order valence-corrected chi connectivity index (χ2v) is 5.60. The van der Waals surface area contributed by atoms with Gasteiger partial charge in [0.25, 0.3) is 0 Å². The number of carbonyl (C=O) groups excluding carboxylic acids is 3. The third-order valence-electron chi connectivity index (χ3n) is 4.49. The molecule has 0 aromatic heterocycles. The van der Waals surface area contributed by atoms with Gasteiger partial charge in [0.2, 0.25) is 0 Å². The van der Waals surface area contributed by atoms with E-state index in [0.29, 0.717) is 43.5 Å². The Kier molecular flexibility index (Phi) is 3.60. The largest absolute Gasteiger partial charge is 0.485 e. The summed E-state index contributed by atoms with van der Waals surface area (Å²) in [6, 6.07) is 6.96. The normalized spacial score (nSPS) is 22.7. The second kappa shape index (κ2) is 5.44. The highest BCUT2D eigenvalue weighted by Gasteiger charge is 2.51. The Labute approximate surface area is 128 Å². The zero-order valence-electron chi connectivity index (χ0n) is 12.3. The molecule has 22 heavy (non-hydrogen) atoms. The summed E-state index contributed by atoms with van der Waals surface area (Å²) in [5.41, 5.74) is -0.418. The lowest BCUT2D eigenvalue weighted by Crippen LogP contribution is -2.58. The average molecular weight is 303 g/mol. The van der Waals surface area contributed by atoms with Gasteiger partial charge in [0.05, 0.1) is 12.7 Å². The summed E-state index contributed by atoms with van der Waals surface area (Å²) in [7, 11) is 1.33. The number of ether oxygens (including phenoxy) is 2. The van der Waals surface area contributed by atoms with Crippen molar-refractivity contribution in [1.29, 1.82) is 0 Å². The summed E-state index contributed by atoms with van der Waals surface area (Å²) in [6.07, 6.45) is 1.11. The molecular formula is C16H17NO5. The first-order chi connectivity index (χ1) is 10.6. The molecule has 6 nitrogen and oxygen atoms in total. The first kappa shape index (κ1) is 14.6. The molecule has 1 saturated heterocycles. The van der Waals surface area contributed by atoms with Crippen LogP contribution in [0.15, 0.2) is 24.3 Å². The van der Waals surface area contributed by atoms with E-state index in [1.54, 1.807) is 29.2 Å². The number of amides is 1. The van der Waals surface area contributed by atoms with Gasteiger partial charge in [0, 0.05) is 25.9 Å². The highest BCUT2D eigenvalue weighted by Crippen LogP contribution is 2.42. The highest BCUT2D eigenvalue weighted by molar-refractivity contribution is 6.09. The molecule has 1 amide bonds. The molecule has 0 aliphatic carbocycles. The van der Waals surface area contributed by atoms with Gasteiger partial charge >= 0.3 is 6.09 Å². The molecule has 0 radical (unpaired) electrons. The number of Topliss-reactive ketones (excluding diaryl/α,β-unsaturated/α-hetero) is 1. The van der Waals surface area contributed by atoms with Crippen LogP contribution in [0.4, 0.5) is 4.79 Å². The number of hydrogen-bond acceptors (Lipinski definition) is 5. The van der Waals surface area contributed by atoms with Crippen LogP contribution in [0.25, 0.3) is 0 Å². The SMILES string of the molecule is COC(=O)N1CCC2(CC1)Oc1ccccc1C(=O)C2C=O. The van der Waals surface area contributed by atoms with Crippen LogP contribution in [-0.2, 0) is 9.53 Å². The van der Waals surface area contributed by atoms with Crippen molar-refractivity contribution in [3.8, 4) is 5.75 Å². The molecule has 0 saturated carbocycles. The molecule has 1 aromatic rings. The number of para-hydroxylation sites is 1. The lowest BCUT2D eigenvalue weighted by molar-refractivity contribution is -0.119. The number of rotatable bonds is 1. The number of fused-ring (bicyclic) bond motifs is 1. The predicted molar refractivity (Wildman–Crippen MR) is 76.9 cm³/mol. The summed E-state index contributed by atoms with van der Waals surface area (Å²) in [6.45, 7) is 0.791. The number of benzene rings is 1. The van der Waals surface area contributed by atoms with Crippen LogP contribution >= 0.6 is 0 Å². The molecule has 1 unspecified atom stereocenters. The minimum Gasteiger partial charge on any atom is -0.485 e. The van der Waals surface area contributed by atoms with Crippen molar-refractivity contribution in [3.63, 3.8) is 0 Å². The van der Waals surface area contributed by atoms with E-state index in [9.17, 15) is 14.4 Å². The van der Waals surface area contributed by atoms with Crippen LogP contribution in [0.2, 0.25) is 0 Å². The standard InChI is InChI=1S/C16H17NO5/c1-21-15(20)17-8-6-16(7-9-17)12(10-18)14(19)11-4-2-3-5-13(11)22-16/h2-5,10,12H,6-9H2,1H3. The monoisotopic (exact) mass is 303 g/mol. The predicted octanol–water partition coefficient (Wildman–Crippen LogP) is 1.68. The van der Waals surface area contributed by atoms with Crippen molar-refractivity contribution in [2.45, 2.75) is 18.4 Å². The molecule has 0 N–H and O–H groups in total. The number of ketones is 1. The average Bonchev–Trinajstić information content (AvgIpc) is 2.55. The molecule has 2 aliphatic rings.